The van der Waals surface area contributed by atoms with E-state index in [1.54, 1.807) is 18.2 Å². The minimum absolute atomic E-state index is 0.0214. The second kappa shape index (κ2) is 9.04. The number of halogens is 2. The molecule has 5 nitrogen and oxygen atoms in total. The Bertz CT molecular complexity index is 903. The van der Waals surface area contributed by atoms with Gasteiger partial charge in [-0.3, -0.25) is 0 Å². The molecular weight excluding hydrogens is 406 g/mol. The van der Waals surface area contributed by atoms with E-state index >= 15 is 0 Å². The highest BCUT2D eigenvalue weighted by molar-refractivity contribution is 5.90. The molecule has 2 aromatic rings. The Hall–Kier alpha value is -2.96. The molecule has 0 aromatic heterocycles. The molecule has 0 aliphatic heterocycles. The van der Waals surface area contributed by atoms with Crippen molar-refractivity contribution in [3.05, 3.63) is 65.7 Å². The van der Waals surface area contributed by atoms with Gasteiger partial charge in [0.2, 0.25) is 6.10 Å². The van der Waals surface area contributed by atoms with E-state index in [1.165, 1.54) is 49.2 Å². The summed E-state index contributed by atoms with van der Waals surface area (Å²) in [5.41, 5.74) is -0.449. The average molecular weight is 432 g/mol. The van der Waals surface area contributed by atoms with Crippen LogP contribution in [-0.4, -0.2) is 28.6 Å². The number of benzene rings is 2. The van der Waals surface area contributed by atoms with Crippen molar-refractivity contribution in [2.24, 2.45) is 5.92 Å². The van der Waals surface area contributed by atoms with Crippen LogP contribution in [0.1, 0.15) is 61.6 Å². The Morgan fingerprint density at radius 2 is 1.58 bits per heavy atom. The van der Waals surface area contributed by atoms with Gasteiger partial charge in [0.05, 0.1) is 5.56 Å². The Labute approximate surface area is 180 Å². The largest absolute Gasteiger partial charge is 0.488 e. The van der Waals surface area contributed by atoms with Gasteiger partial charge in [-0.25, -0.2) is 9.59 Å². The van der Waals surface area contributed by atoms with Crippen LogP contribution in [0.2, 0.25) is 0 Å². The van der Waals surface area contributed by atoms with Crippen LogP contribution in [-0.2, 0) is 9.53 Å². The van der Waals surface area contributed by atoms with Gasteiger partial charge in [-0.2, -0.15) is 8.78 Å². The van der Waals surface area contributed by atoms with E-state index in [9.17, 15) is 18.4 Å². The van der Waals surface area contributed by atoms with Crippen molar-refractivity contribution in [1.29, 1.82) is 0 Å². The van der Waals surface area contributed by atoms with Crippen molar-refractivity contribution in [2.45, 2.75) is 57.2 Å². The third-order valence-corrected chi connectivity index (χ3v) is 5.75. The number of carbonyl (C=O) groups excluding carboxylic acids is 1. The summed E-state index contributed by atoms with van der Waals surface area (Å²) < 4.78 is 39.6. The summed E-state index contributed by atoms with van der Waals surface area (Å²) in [5.74, 6) is -6.69. The smallest absolute Gasteiger partial charge is 0.382 e. The third kappa shape index (κ3) is 5.21. The summed E-state index contributed by atoms with van der Waals surface area (Å²) in [5, 5.41) is 8.93. The molecular formula is C24H26F2O5. The molecule has 1 aliphatic carbocycles. The quantitative estimate of drug-likeness (QED) is 0.546. The number of ether oxygens (including phenoxy) is 2. The maximum absolute atomic E-state index is 14.3. The highest BCUT2D eigenvalue weighted by Gasteiger charge is 2.51. The van der Waals surface area contributed by atoms with Crippen molar-refractivity contribution in [3.8, 4) is 5.75 Å². The molecule has 0 heterocycles. The standard InChI is InChI=1S/C24H26F2O5/c1-23(2,18-10-6-7-11-18)31-19-14-12-17(13-15-19)21(27)30-20(24(25,26)22(28)29)16-8-4-3-5-9-16/h3-5,8-9,12-15,18,20H,6-7,10-11H2,1-2H3,(H,28,29). The predicted molar refractivity (Wildman–Crippen MR) is 110 cm³/mol. The van der Waals surface area contributed by atoms with E-state index in [2.05, 4.69) is 0 Å². The molecule has 1 atom stereocenters. The summed E-state index contributed by atoms with van der Waals surface area (Å²) >= 11 is 0. The number of aliphatic carboxylic acids is 1. The van der Waals surface area contributed by atoms with E-state index in [0.29, 0.717) is 11.7 Å². The SMILES string of the molecule is CC(C)(Oc1ccc(C(=O)OC(c2ccccc2)C(F)(F)C(=O)O)cc1)C1CCCC1. The van der Waals surface area contributed by atoms with Crippen LogP contribution in [0.5, 0.6) is 5.75 Å². The van der Waals surface area contributed by atoms with E-state index in [1.807, 2.05) is 13.8 Å². The number of hydrogen-bond donors (Lipinski definition) is 1. The van der Waals surface area contributed by atoms with Crippen molar-refractivity contribution in [2.75, 3.05) is 0 Å². The van der Waals surface area contributed by atoms with Crippen LogP contribution in [0.25, 0.3) is 0 Å². The zero-order chi connectivity index (χ0) is 22.6. The lowest BCUT2D eigenvalue weighted by atomic mass is 9.89. The summed E-state index contributed by atoms with van der Waals surface area (Å²) in [6.45, 7) is 4.06. The molecule has 1 unspecified atom stereocenters. The first-order valence-electron chi connectivity index (χ1n) is 10.3. The molecule has 3 rings (SSSR count). The van der Waals surface area contributed by atoms with Gasteiger partial charge in [0.25, 0.3) is 0 Å². The normalized spacial score (nSPS) is 16.0. The first-order chi connectivity index (χ1) is 14.6. The minimum Gasteiger partial charge on any atom is -0.488 e. The summed E-state index contributed by atoms with van der Waals surface area (Å²) in [7, 11) is 0. The van der Waals surface area contributed by atoms with Gasteiger partial charge in [0.1, 0.15) is 11.4 Å². The Morgan fingerprint density at radius 1 is 1.00 bits per heavy atom. The molecule has 1 N–H and O–H groups in total. The number of hydrogen-bond acceptors (Lipinski definition) is 4. The van der Waals surface area contributed by atoms with E-state index < -0.39 is 24.0 Å². The summed E-state index contributed by atoms with van der Waals surface area (Å²) in [6, 6.07) is 13.1. The molecule has 166 valence electrons. The first kappa shape index (κ1) is 22.7. The molecule has 2 aromatic carbocycles. The number of rotatable bonds is 8. The van der Waals surface area contributed by atoms with Gasteiger partial charge in [0.15, 0.2) is 0 Å². The van der Waals surface area contributed by atoms with Crippen molar-refractivity contribution >= 4 is 11.9 Å². The molecule has 0 saturated heterocycles. The zero-order valence-corrected chi connectivity index (χ0v) is 17.5. The second-order valence-corrected chi connectivity index (χ2v) is 8.34. The van der Waals surface area contributed by atoms with Crippen molar-refractivity contribution in [3.63, 3.8) is 0 Å². The van der Waals surface area contributed by atoms with Crippen LogP contribution in [0.15, 0.2) is 54.6 Å². The van der Waals surface area contributed by atoms with Gasteiger partial charge in [-0.05, 0) is 62.4 Å². The fourth-order valence-electron chi connectivity index (χ4n) is 3.93. The Balaban J connectivity index is 1.74. The predicted octanol–water partition coefficient (Wildman–Crippen LogP) is 5.65. The maximum Gasteiger partial charge on any atom is 0.382 e. The molecule has 0 radical (unpaired) electrons. The molecule has 0 amide bonds. The summed E-state index contributed by atoms with van der Waals surface area (Å²) in [6.07, 6.45) is 2.33. The Kier molecular flexibility index (Phi) is 6.62. The maximum atomic E-state index is 14.3. The lowest BCUT2D eigenvalue weighted by Crippen LogP contribution is -2.38. The monoisotopic (exact) mass is 432 g/mol. The molecule has 0 spiro atoms. The molecule has 1 saturated carbocycles. The highest BCUT2D eigenvalue weighted by Crippen LogP contribution is 2.38. The van der Waals surface area contributed by atoms with Crippen LogP contribution < -0.4 is 4.74 Å². The van der Waals surface area contributed by atoms with Crippen LogP contribution in [0.4, 0.5) is 8.78 Å². The van der Waals surface area contributed by atoms with Gasteiger partial charge in [0, 0.05) is 0 Å². The Morgan fingerprint density at radius 3 is 2.13 bits per heavy atom. The number of alkyl halides is 2. The lowest BCUT2D eigenvalue weighted by molar-refractivity contribution is -0.183. The van der Waals surface area contributed by atoms with E-state index in [-0.39, 0.29) is 16.7 Å². The first-order valence-corrected chi connectivity index (χ1v) is 10.3. The molecule has 31 heavy (non-hydrogen) atoms. The van der Waals surface area contributed by atoms with E-state index in [4.69, 9.17) is 14.6 Å². The van der Waals surface area contributed by atoms with Crippen molar-refractivity contribution in [1.82, 2.24) is 0 Å². The van der Waals surface area contributed by atoms with Crippen LogP contribution in [0.3, 0.4) is 0 Å². The fraction of sp³-hybridized carbons (Fsp3) is 0.417. The number of carboxylic acids is 1. The van der Waals surface area contributed by atoms with Crippen molar-refractivity contribution < 1.29 is 33.0 Å². The van der Waals surface area contributed by atoms with Gasteiger partial charge in [-0.1, -0.05) is 43.2 Å². The van der Waals surface area contributed by atoms with Gasteiger partial charge < -0.3 is 14.6 Å². The summed E-state index contributed by atoms with van der Waals surface area (Å²) in [4.78, 5) is 23.6. The molecule has 7 heteroatoms. The van der Waals surface area contributed by atoms with E-state index in [0.717, 1.165) is 12.8 Å². The number of esters is 1. The zero-order valence-electron chi connectivity index (χ0n) is 17.5. The minimum atomic E-state index is -4.29. The molecule has 0 bridgehead atoms. The number of carboxylic acid groups (broad SMARTS) is 1. The average Bonchev–Trinajstić information content (AvgIpc) is 3.28. The molecule has 1 aliphatic rings. The second-order valence-electron chi connectivity index (χ2n) is 8.34. The topological polar surface area (TPSA) is 72.8 Å². The van der Waals surface area contributed by atoms with Crippen LogP contribution in [0, 0.1) is 5.92 Å². The molecule has 1 fully saturated rings. The number of carbonyl (C=O) groups is 2. The van der Waals surface area contributed by atoms with Gasteiger partial charge in [-0.15, -0.1) is 0 Å². The van der Waals surface area contributed by atoms with Crippen LogP contribution >= 0.6 is 0 Å². The lowest BCUT2D eigenvalue weighted by Gasteiger charge is -2.32. The highest BCUT2D eigenvalue weighted by atomic mass is 19.3. The fourth-order valence-corrected chi connectivity index (χ4v) is 3.93. The third-order valence-electron chi connectivity index (χ3n) is 5.75. The van der Waals surface area contributed by atoms with Gasteiger partial charge >= 0.3 is 17.9 Å².